The topological polar surface area (TPSA) is 33.1 Å². The third-order valence-electron chi connectivity index (χ3n) is 2.38. The molecule has 0 amide bonds. The van der Waals surface area contributed by atoms with Crippen LogP contribution in [-0.4, -0.2) is 16.3 Å². The highest BCUT2D eigenvalue weighted by atomic mass is 32.2. The second kappa shape index (κ2) is 5.48. The Kier molecular flexibility index (Phi) is 3.98. The number of hydrogen-bond donors (Lipinski definition) is 1. The lowest BCUT2D eigenvalue weighted by Crippen LogP contribution is -2.02. The Morgan fingerprint density at radius 2 is 2.25 bits per heavy atom. The molecule has 1 atom stereocenters. The van der Waals surface area contributed by atoms with E-state index in [-0.39, 0.29) is 0 Å². The van der Waals surface area contributed by atoms with Crippen LogP contribution >= 0.6 is 23.1 Å². The number of nitrogens with zero attached hydrogens (tertiary/aromatic N) is 1. The molecular formula is C12H13NOS2. The monoisotopic (exact) mass is 251 g/mol. The summed E-state index contributed by atoms with van der Waals surface area (Å²) in [6.45, 7) is 0. The Hall–Kier alpha value is -0.840. The van der Waals surface area contributed by atoms with Gasteiger partial charge in [0.1, 0.15) is 0 Å². The normalized spacial score (nSPS) is 12.6. The van der Waals surface area contributed by atoms with Crippen molar-refractivity contribution in [2.75, 3.05) is 6.26 Å². The van der Waals surface area contributed by atoms with Gasteiger partial charge in [0.15, 0.2) is 0 Å². The quantitative estimate of drug-likeness (QED) is 0.847. The van der Waals surface area contributed by atoms with Gasteiger partial charge >= 0.3 is 0 Å². The zero-order valence-electron chi connectivity index (χ0n) is 8.96. The molecule has 2 aromatic rings. The fourth-order valence-electron chi connectivity index (χ4n) is 1.59. The molecule has 4 heteroatoms. The molecule has 1 aromatic carbocycles. The van der Waals surface area contributed by atoms with Crippen molar-refractivity contribution in [2.24, 2.45) is 0 Å². The number of aromatic nitrogens is 1. The van der Waals surface area contributed by atoms with Gasteiger partial charge in [-0.15, -0.1) is 23.1 Å². The summed E-state index contributed by atoms with van der Waals surface area (Å²) in [7, 11) is 0. The summed E-state index contributed by atoms with van der Waals surface area (Å²) in [5.41, 5.74) is 2.80. The van der Waals surface area contributed by atoms with Crippen LogP contribution in [0.15, 0.2) is 40.9 Å². The highest BCUT2D eigenvalue weighted by molar-refractivity contribution is 7.98. The van der Waals surface area contributed by atoms with Gasteiger partial charge in [-0.2, -0.15) is 0 Å². The third-order valence-corrected chi connectivity index (χ3v) is 3.99. The second-order valence-electron chi connectivity index (χ2n) is 3.43. The number of hydrogen-bond acceptors (Lipinski definition) is 4. The van der Waals surface area contributed by atoms with Crippen molar-refractivity contribution in [3.05, 3.63) is 46.4 Å². The molecule has 1 N–H and O–H groups in total. The number of benzene rings is 1. The van der Waals surface area contributed by atoms with Crippen LogP contribution in [0.1, 0.15) is 16.5 Å². The zero-order chi connectivity index (χ0) is 11.4. The molecule has 1 unspecified atom stereocenters. The van der Waals surface area contributed by atoms with Crippen LogP contribution in [0, 0.1) is 0 Å². The van der Waals surface area contributed by atoms with E-state index in [1.807, 2.05) is 36.7 Å². The second-order valence-corrected chi connectivity index (χ2v) is 5.25. The standard InChI is InChI=1S/C12H13NOS2/c1-15-12-5-3-2-4-10(12)11(14)6-9-7-13-8-16-9/h2-5,7-8,11,14H,6H2,1H3. The van der Waals surface area contributed by atoms with E-state index in [4.69, 9.17) is 0 Å². The molecule has 0 aliphatic heterocycles. The predicted octanol–water partition coefficient (Wildman–Crippen LogP) is 3.14. The van der Waals surface area contributed by atoms with Gasteiger partial charge in [-0.25, -0.2) is 0 Å². The Balaban J connectivity index is 2.17. The molecule has 0 saturated carbocycles. The number of rotatable bonds is 4. The Labute approximate surface area is 103 Å². The smallest absolute Gasteiger partial charge is 0.0849 e. The molecule has 0 spiro atoms. The average Bonchev–Trinajstić information content (AvgIpc) is 2.81. The maximum Gasteiger partial charge on any atom is 0.0849 e. The Morgan fingerprint density at radius 3 is 2.94 bits per heavy atom. The van der Waals surface area contributed by atoms with Crippen LogP contribution in [0.2, 0.25) is 0 Å². The molecule has 0 bridgehead atoms. The highest BCUT2D eigenvalue weighted by Crippen LogP contribution is 2.28. The molecule has 84 valence electrons. The maximum atomic E-state index is 10.2. The van der Waals surface area contributed by atoms with Crippen LogP contribution in [0.25, 0.3) is 0 Å². The molecule has 0 aliphatic rings. The van der Waals surface area contributed by atoms with E-state index in [1.165, 1.54) is 0 Å². The van der Waals surface area contributed by atoms with Crippen LogP contribution in [0.3, 0.4) is 0 Å². The third kappa shape index (κ3) is 2.64. The Morgan fingerprint density at radius 1 is 1.44 bits per heavy atom. The molecule has 16 heavy (non-hydrogen) atoms. The maximum absolute atomic E-state index is 10.2. The largest absolute Gasteiger partial charge is 0.388 e. The van der Waals surface area contributed by atoms with E-state index in [1.54, 1.807) is 28.6 Å². The molecule has 0 radical (unpaired) electrons. The molecule has 2 rings (SSSR count). The summed E-state index contributed by atoms with van der Waals surface area (Å²) in [5.74, 6) is 0. The van der Waals surface area contributed by atoms with E-state index < -0.39 is 6.10 Å². The van der Waals surface area contributed by atoms with Crippen molar-refractivity contribution in [2.45, 2.75) is 17.4 Å². The van der Waals surface area contributed by atoms with E-state index in [0.29, 0.717) is 6.42 Å². The van der Waals surface area contributed by atoms with E-state index in [9.17, 15) is 5.11 Å². The fourth-order valence-corrected chi connectivity index (χ4v) is 2.87. The van der Waals surface area contributed by atoms with Crippen molar-refractivity contribution in [3.8, 4) is 0 Å². The molecule has 2 nitrogen and oxygen atoms in total. The SMILES string of the molecule is CSc1ccccc1C(O)Cc1cncs1. The molecule has 1 heterocycles. The molecular weight excluding hydrogens is 238 g/mol. The first kappa shape index (κ1) is 11.6. The summed E-state index contributed by atoms with van der Waals surface area (Å²) in [4.78, 5) is 6.27. The lowest BCUT2D eigenvalue weighted by Gasteiger charge is -2.13. The fraction of sp³-hybridized carbons (Fsp3) is 0.250. The van der Waals surface area contributed by atoms with Crippen molar-refractivity contribution >= 4 is 23.1 Å². The van der Waals surface area contributed by atoms with Gasteiger partial charge in [0.25, 0.3) is 0 Å². The van der Waals surface area contributed by atoms with E-state index in [0.717, 1.165) is 15.3 Å². The molecule has 0 saturated heterocycles. The van der Waals surface area contributed by atoms with Gasteiger partial charge in [0.05, 0.1) is 11.6 Å². The van der Waals surface area contributed by atoms with Gasteiger partial charge in [-0.3, -0.25) is 4.98 Å². The van der Waals surface area contributed by atoms with E-state index >= 15 is 0 Å². The van der Waals surface area contributed by atoms with Gasteiger partial charge in [-0.1, -0.05) is 18.2 Å². The first-order valence-corrected chi connectivity index (χ1v) is 7.10. The summed E-state index contributed by atoms with van der Waals surface area (Å²) >= 11 is 3.25. The molecule has 0 fully saturated rings. The van der Waals surface area contributed by atoms with Crippen molar-refractivity contribution in [1.29, 1.82) is 0 Å². The van der Waals surface area contributed by atoms with Gasteiger partial charge in [0.2, 0.25) is 0 Å². The Bertz CT molecular complexity index is 442. The highest BCUT2D eigenvalue weighted by Gasteiger charge is 2.12. The minimum atomic E-state index is -0.441. The predicted molar refractivity (Wildman–Crippen MR) is 69.0 cm³/mol. The van der Waals surface area contributed by atoms with Crippen molar-refractivity contribution in [3.63, 3.8) is 0 Å². The summed E-state index contributed by atoms with van der Waals surface area (Å²) in [6.07, 6.45) is 4.04. The number of thioether (sulfide) groups is 1. The van der Waals surface area contributed by atoms with Crippen LogP contribution < -0.4 is 0 Å². The van der Waals surface area contributed by atoms with Crippen LogP contribution in [-0.2, 0) is 6.42 Å². The number of thiazole rings is 1. The van der Waals surface area contributed by atoms with Crippen molar-refractivity contribution < 1.29 is 5.11 Å². The summed E-state index contributed by atoms with van der Waals surface area (Å²) in [5, 5.41) is 10.2. The van der Waals surface area contributed by atoms with Gasteiger partial charge in [0, 0.05) is 22.4 Å². The number of aliphatic hydroxyl groups excluding tert-OH is 1. The minimum absolute atomic E-state index is 0.441. The first-order chi connectivity index (χ1) is 7.81. The minimum Gasteiger partial charge on any atom is -0.388 e. The molecule has 1 aromatic heterocycles. The average molecular weight is 251 g/mol. The zero-order valence-corrected chi connectivity index (χ0v) is 10.6. The van der Waals surface area contributed by atoms with Gasteiger partial charge in [-0.05, 0) is 17.9 Å². The van der Waals surface area contributed by atoms with Crippen molar-refractivity contribution in [1.82, 2.24) is 4.98 Å². The van der Waals surface area contributed by atoms with E-state index in [2.05, 4.69) is 4.98 Å². The number of aliphatic hydroxyl groups is 1. The van der Waals surface area contributed by atoms with Crippen LogP contribution in [0.4, 0.5) is 0 Å². The first-order valence-electron chi connectivity index (χ1n) is 4.99. The van der Waals surface area contributed by atoms with Crippen LogP contribution in [0.5, 0.6) is 0 Å². The molecule has 0 aliphatic carbocycles. The lowest BCUT2D eigenvalue weighted by atomic mass is 10.1. The lowest BCUT2D eigenvalue weighted by molar-refractivity contribution is 0.176. The summed E-state index contributed by atoms with van der Waals surface area (Å²) < 4.78 is 0. The summed E-state index contributed by atoms with van der Waals surface area (Å²) in [6, 6.07) is 7.98. The van der Waals surface area contributed by atoms with Gasteiger partial charge < -0.3 is 5.11 Å².